The van der Waals surface area contributed by atoms with Crippen molar-refractivity contribution in [3.8, 4) is 0 Å². The number of nitrogens with zero attached hydrogens (tertiary/aromatic N) is 4. The Balaban J connectivity index is 2.07. The van der Waals surface area contributed by atoms with Crippen LogP contribution in [-0.2, 0) is 0 Å². The fraction of sp³-hybridized carbons (Fsp3) is 0. The molecule has 0 saturated heterocycles. The van der Waals surface area contributed by atoms with E-state index in [1.807, 2.05) is 0 Å². The number of rotatable bonds is 2. The molecule has 0 amide bonds. The molecule has 0 unspecified atom stereocenters. The zero-order valence-corrected chi connectivity index (χ0v) is 10.8. The predicted molar refractivity (Wildman–Crippen MR) is 70.5 cm³/mol. The van der Waals surface area contributed by atoms with Crippen molar-refractivity contribution in [1.82, 2.24) is 19.6 Å². The lowest BCUT2D eigenvalue weighted by molar-refractivity contribution is 0.628. The summed E-state index contributed by atoms with van der Waals surface area (Å²) >= 11 is 11.8. The Morgan fingerprint density at radius 1 is 1.21 bits per heavy atom. The zero-order valence-electron chi connectivity index (χ0n) is 9.31. The van der Waals surface area contributed by atoms with Crippen LogP contribution < -0.4 is 5.32 Å². The minimum absolute atomic E-state index is 0.251. The van der Waals surface area contributed by atoms with Crippen LogP contribution in [0.25, 0.3) is 5.78 Å². The molecule has 3 rings (SSSR count). The molecule has 0 spiro atoms. The van der Waals surface area contributed by atoms with E-state index < -0.39 is 5.82 Å². The monoisotopic (exact) mass is 297 g/mol. The van der Waals surface area contributed by atoms with Crippen LogP contribution in [0.2, 0.25) is 10.2 Å². The molecule has 96 valence electrons. The highest BCUT2D eigenvalue weighted by atomic mass is 35.5. The quantitative estimate of drug-likeness (QED) is 0.737. The standard InChI is InChI=1S/C11H6Cl2FN5/c12-7-3-6(14)1-2-8(7)17-10-4-9(13)18-11-15-5-16-19(10)11/h1-5,17H. The van der Waals surface area contributed by atoms with E-state index in [0.29, 0.717) is 17.3 Å². The normalized spacial score (nSPS) is 10.9. The minimum Gasteiger partial charge on any atom is -0.339 e. The molecule has 0 bridgehead atoms. The molecule has 0 radical (unpaired) electrons. The van der Waals surface area contributed by atoms with Gasteiger partial charge in [0.15, 0.2) is 0 Å². The summed E-state index contributed by atoms with van der Waals surface area (Å²) in [5.74, 6) is 0.475. The Morgan fingerprint density at radius 2 is 2.05 bits per heavy atom. The van der Waals surface area contributed by atoms with E-state index in [1.165, 1.54) is 29.0 Å². The third kappa shape index (κ3) is 2.32. The largest absolute Gasteiger partial charge is 0.339 e. The van der Waals surface area contributed by atoms with Crippen LogP contribution in [0.1, 0.15) is 0 Å². The second-order valence-corrected chi connectivity index (χ2v) is 4.48. The lowest BCUT2D eigenvalue weighted by Gasteiger charge is -2.09. The maximum absolute atomic E-state index is 13.0. The SMILES string of the molecule is Fc1ccc(Nc2cc(Cl)nc3ncnn23)c(Cl)c1. The molecule has 19 heavy (non-hydrogen) atoms. The van der Waals surface area contributed by atoms with Gasteiger partial charge in [-0.05, 0) is 18.2 Å². The van der Waals surface area contributed by atoms with Gasteiger partial charge in [0.05, 0.1) is 10.7 Å². The van der Waals surface area contributed by atoms with Crippen molar-refractivity contribution in [2.75, 3.05) is 5.32 Å². The summed E-state index contributed by atoms with van der Waals surface area (Å²) in [4.78, 5) is 7.94. The van der Waals surface area contributed by atoms with E-state index in [1.54, 1.807) is 6.07 Å². The zero-order chi connectivity index (χ0) is 13.4. The van der Waals surface area contributed by atoms with E-state index in [4.69, 9.17) is 23.2 Å². The van der Waals surface area contributed by atoms with Gasteiger partial charge in [-0.15, -0.1) is 0 Å². The van der Waals surface area contributed by atoms with Gasteiger partial charge in [0.1, 0.15) is 23.1 Å². The van der Waals surface area contributed by atoms with Crippen LogP contribution in [0, 0.1) is 5.82 Å². The highest BCUT2D eigenvalue weighted by Crippen LogP contribution is 2.26. The first-order chi connectivity index (χ1) is 9.13. The van der Waals surface area contributed by atoms with E-state index in [2.05, 4.69) is 20.4 Å². The van der Waals surface area contributed by atoms with Crippen molar-refractivity contribution >= 4 is 40.5 Å². The van der Waals surface area contributed by atoms with Crippen LogP contribution in [0.5, 0.6) is 0 Å². The number of hydrogen-bond acceptors (Lipinski definition) is 4. The molecule has 5 nitrogen and oxygen atoms in total. The lowest BCUT2D eigenvalue weighted by Crippen LogP contribution is -2.02. The molecule has 0 aliphatic heterocycles. The lowest BCUT2D eigenvalue weighted by atomic mass is 10.3. The number of nitrogens with one attached hydrogen (secondary N) is 1. The van der Waals surface area contributed by atoms with E-state index >= 15 is 0 Å². The number of fused-ring (bicyclic) bond motifs is 1. The molecule has 8 heteroatoms. The van der Waals surface area contributed by atoms with Gasteiger partial charge in [-0.2, -0.15) is 19.6 Å². The molecule has 0 atom stereocenters. The molecule has 1 aromatic carbocycles. The maximum Gasteiger partial charge on any atom is 0.255 e. The first-order valence-corrected chi connectivity index (χ1v) is 5.97. The van der Waals surface area contributed by atoms with Gasteiger partial charge < -0.3 is 5.32 Å². The number of anilines is 2. The van der Waals surface area contributed by atoms with Crippen molar-refractivity contribution in [2.45, 2.75) is 0 Å². The molecule has 0 fully saturated rings. The second kappa shape index (κ2) is 4.64. The summed E-state index contributed by atoms with van der Waals surface area (Å²) < 4.78 is 14.4. The van der Waals surface area contributed by atoms with E-state index in [0.717, 1.165) is 0 Å². The van der Waals surface area contributed by atoms with Gasteiger partial charge in [-0.3, -0.25) is 0 Å². The molecule has 2 aromatic heterocycles. The molecule has 0 aliphatic carbocycles. The summed E-state index contributed by atoms with van der Waals surface area (Å²) in [6.07, 6.45) is 1.36. The smallest absolute Gasteiger partial charge is 0.255 e. The van der Waals surface area contributed by atoms with E-state index in [-0.39, 0.29) is 10.2 Å². The minimum atomic E-state index is -0.408. The van der Waals surface area contributed by atoms with Gasteiger partial charge >= 0.3 is 0 Å². The Kier molecular flexibility index (Phi) is 2.96. The van der Waals surface area contributed by atoms with Crippen molar-refractivity contribution in [3.63, 3.8) is 0 Å². The summed E-state index contributed by atoms with van der Waals surface area (Å²) in [6.45, 7) is 0. The molecular formula is C11H6Cl2FN5. The molecule has 2 heterocycles. The second-order valence-electron chi connectivity index (χ2n) is 3.69. The molecular weight excluding hydrogens is 292 g/mol. The highest BCUT2D eigenvalue weighted by Gasteiger charge is 2.09. The Morgan fingerprint density at radius 3 is 2.84 bits per heavy atom. The Hall–Kier alpha value is -1.92. The number of aromatic nitrogens is 4. The molecule has 3 aromatic rings. The predicted octanol–water partition coefficient (Wildman–Crippen LogP) is 3.31. The molecule has 1 N–H and O–H groups in total. The van der Waals surface area contributed by atoms with Crippen LogP contribution in [-0.4, -0.2) is 19.6 Å². The highest BCUT2D eigenvalue weighted by molar-refractivity contribution is 6.33. The van der Waals surface area contributed by atoms with Gasteiger partial charge in [0, 0.05) is 6.07 Å². The van der Waals surface area contributed by atoms with Crippen LogP contribution >= 0.6 is 23.2 Å². The van der Waals surface area contributed by atoms with Gasteiger partial charge in [0.2, 0.25) is 0 Å². The van der Waals surface area contributed by atoms with Crippen molar-refractivity contribution in [1.29, 1.82) is 0 Å². The first-order valence-electron chi connectivity index (χ1n) is 5.22. The van der Waals surface area contributed by atoms with Crippen LogP contribution in [0.3, 0.4) is 0 Å². The number of benzene rings is 1. The van der Waals surface area contributed by atoms with Crippen LogP contribution in [0.15, 0.2) is 30.6 Å². The van der Waals surface area contributed by atoms with Crippen molar-refractivity contribution < 1.29 is 4.39 Å². The summed E-state index contributed by atoms with van der Waals surface area (Å²) in [6, 6.07) is 5.61. The third-order valence-electron chi connectivity index (χ3n) is 2.41. The third-order valence-corrected chi connectivity index (χ3v) is 2.92. The van der Waals surface area contributed by atoms with Crippen molar-refractivity contribution in [3.05, 3.63) is 46.6 Å². The summed E-state index contributed by atoms with van der Waals surface area (Å²) in [5.41, 5.74) is 0.530. The maximum atomic E-state index is 13.0. The van der Waals surface area contributed by atoms with Gasteiger partial charge in [-0.25, -0.2) is 4.39 Å². The molecule has 0 saturated carbocycles. The topological polar surface area (TPSA) is 55.1 Å². The number of hydrogen-bond donors (Lipinski definition) is 1. The fourth-order valence-electron chi connectivity index (χ4n) is 1.60. The fourth-order valence-corrected chi connectivity index (χ4v) is 1.99. The Bertz CT molecular complexity index is 758. The van der Waals surface area contributed by atoms with E-state index in [9.17, 15) is 4.39 Å². The summed E-state index contributed by atoms with van der Waals surface area (Å²) in [5, 5.41) is 7.53. The first kappa shape index (κ1) is 12.1. The number of halogens is 3. The van der Waals surface area contributed by atoms with Crippen molar-refractivity contribution in [2.24, 2.45) is 0 Å². The Labute approximate surface area is 117 Å². The van der Waals surface area contributed by atoms with Gasteiger partial charge in [0.25, 0.3) is 5.78 Å². The average Bonchev–Trinajstić information content (AvgIpc) is 2.80. The molecule has 0 aliphatic rings. The van der Waals surface area contributed by atoms with Crippen LogP contribution in [0.4, 0.5) is 15.9 Å². The summed E-state index contributed by atoms with van der Waals surface area (Å²) in [7, 11) is 0. The van der Waals surface area contributed by atoms with Gasteiger partial charge in [-0.1, -0.05) is 23.2 Å². The average molecular weight is 298 g/mol.